The van der Waals surface area contributed by atoms with E-state index in [-0.39, 0.29) is 6.42 Å². The zero-order valence-corrected chi connectivity index (χ0v) is 20.5. The van der Waals surface area contributed by atoms with E-state index in [9.17, 15) is 9.90 Å². The van der Waals surface area contributed by atoms with E-state index in [0.29, 0.717) is 46.3 Å². The standard InChI is InChI=1S/C27H33FN4O3/c1-16-19-10-6-12-35-27(19)22(28)13-20(16)26-21(14-25(33)34)17(2)30-24-15-23(31-32(24)26)29-11-5-9-18-7-3-4-8-18/h13,15,18H,3-12,14H2,1-2H3,(H,29,31)(H,33,34). The van der Waals surface area contributed by atoms with Gasteiger partial charge in [-0.05, 0) is 57.1 Å². The highest BCUT2D eigenvalue weighted by molar-refractivity contribution is 5.79. The average molecular weight is 481 g/mol. The van der Waals surface area contributed by atoms with Crippen LogP contribution in [-0.2, 0) is 17.6 Å². The van der Waals surface area contributed by atoms with Crippen LogP contribution in [0.15, 0.2) is 12.1 Å². The number of nitrogens with zero attached hydrogens (tertiary/aromatic N) is 3. The molecular weight excluding hydrogens is 447 g/mol. The van der Waals surface area contributed by atoms with Crippen LogP contribution in [0.2, 0.25) is 0 Å². The topological polar surface area (TPSA) is 88.8 Å². The molecular formula is C27H33FN4O3. The summed E-state index contributed by atoms with van der Waals surface area (Å²) in [5.41, 5.74) is 4.71. The molecule has 0 saturated heterocycles. The van der Waals surface area contributed by atoms with E-state index in [2.05, 4.69) is 10.3 Å². The molecule has 0 unspecified atom stereocenters. The quantitative estimate of drug-likeness (QED) is 0.415. The number of benzene rings is 1. The van der Waals surface area contributed by atoms with Gasteiger partial charge < -0.3 is 15.2 Å². The second-order valence-electron chi connectivity index (χ2n) is 9.90. The summed E-state index contributed by atoms with van der Waals surface area (Å²) in [6.45, 7) is 5.07. The van der Waals surface area contributed by atoms with Crippen molar-refractivity contribution in [1.82, 2.24) is 14.6 Å². The summed E-state index contributed by atoms with van der Waals surface area (Å²) < 4.78 is 22.4. The van der Waals surface area contributed by atoms with Crippen LogP contribution in [0.1, 0.15) is 67.3 Å². The molecule has 0 spiro atoms. The van der Waals surface area contributed by atoms with E-state index in [1.165, 1.54) is 38.2 Å². The molecule has 5 rings (SSSR count). The summed E-state index contributed by atoms with van der Waals surface area (Å²) in [4.78, 5) is 16.4. The van der Waals surface area contributed by atoms with Gasteiger partial charge in [0.15, 0.2) is 23.0 Å². The highest BCUT2D eigenvalue weighted by Crippen LogP contribution is 2.39. The fraction of sp³-hybridized carbons (Fsp3) is 0.519. The molecule has 186 valence electrons. The third kappa shape index (κ3) is 4.70. The van der Waals surface area contributed by atoms with E-state index >= 15 is 4.39 Å². The molecule has 3 heterocycles. The van der Waals surface area contributed by atoms with Gasteiger partial charge in [-0.3, -0.25) is 4.79 Å². The number of anilines is 1. The third-order valence-corrected chi connectivity index (χ3v) is 7.50. The Labute approximate surface area is 204 Å². The van der Waals surface area contributed by atoms with Crippen molar-refractivity contribution in [1.29, 1.82) is 0 Å². The van der Waals surface area contributed by atoms with Crippen LogP contribution in [0.25, 0.3) is 16.9 Å². The summed E-state index contributed by atoms with van der Waals surface area (Å²) in [6, 6.07) is 3.33. The van der Waals surface area contributed by atoms with Gasteiger partial charge in [0.2, 0.25) is 0 Å². The van der Waals surface area contributed by atoms with Crippen molar-refractivity contribution >= 4 is 17.4 Å². The zero-order valence-electron chi connectivity index (χ0n) is 20.5. The lowest BCUT2D eigenvalue weighted by atomic mass is 9.91. The maximum atomic E-state index is 15.1. The number of aromatic nitrogens is 3. The molecule has 2 N–H and O–H groups in total. The molecule has 35 heavy (non-hydrogen) atoms. The first-order chi connectivity index (χ1) is 16.9. The molecule has 3 aromatic rings. The summed E-state index contributed by atoms with van der Waals surface area (Å²) in [6.07, 6.45) is 9.02. The van der Waals surface area contributed by atoms with Gasteiger partial charge >= 0.3 is 5.97 Å². The van der Waals surface area contributed by atoms with Gasteiger partial charge in [0.25, 0.3) is 0 Å². The van der Waals surface area contributed by atoms with Gasteiger partial charge in [-0.1, -0.05) is 25.7 Å². The van der Waals surface area contributed by atoms with Gasteiger partial charge in [0, 0.05) is 35.0 Å². The van der Waals surface area contributed by atoms with Crippen LogP contribution < -0.4 is 10.1 Å². The van der Waals surface area contributed by atoms with E-state index in [1.807, 2.05) is 13.0 Å². The summed E-state index contributed by atoms with van der Waals surface area (Å²) in [5, 5.41) is 17.8. The molecule has 0 amide bonds. The number of aryl methyl sites for hydroxylation is 1. The molecule has 0 radical (unpaired) electrons. The average Bonchev–Trinajstić information content (AvgIpc) is 3.49. The first kappa shape index (κ1) is 23.6. The molecule has 0 bridgehead atoms. The van der Waals surface area contributed by atoms with Crippen molar-refractivity contribution in [2.45, 2.75) is 71.6 Å². The summed E-state index contributed by atoms with van der Waals surface area (Å²) in [7, 11) is 0. The second kappa shape index (κ2) is 9.84. The number of rotatable bonds is 8. The zero-order chi connectivity index (χ0) is 24.5. The molecule has 1 fully saturated rings. The fourth-order valence-electron chi connectivity index (χ4n) is 5.69. The number of carboxylic acid groups (broad SMARTS) is 1. The monoisotopic (exact) mass is 480 g/mol. The lowest BCUT2D eigenvalue weighted by Crippen LogP contribution is -2.14. The van der Waals surface area contributed by atoms with Crippen molar-refractivity contribution in [3.8, 4) is 17.0 Å². The van der Waals surface area contributed by atoms with E-state index in [1.54, 1.807) is 11.4 Å². The maximum Gasteiger partial charge on any atom is 0.307 e. The fourth-order valence-corrected chi connectivity index (χ4v) is 5.69. The smallest absolute Gasteiger partial charge is 0.307 e. The van der Waals surface area contributed by atoms with Gasteiger partial charge in [-0.25, -0.2) is 13.9 Å². The molecule has 2 aliphatic rings. The number of nitrogens with one attached hydrogen (secondary N) is 1. The number of hydrogen-bond donors (Lipinski definition) is 2. The Hall–Kier alpha value is -3.16. The van der Waals surface area contributed by atoms with E-state index in [4.69, 9.17) is 9.84 Å². The number of carboxylic acids is 1. The summed E-state index contributed by atoms with van der Waals surface area (Å²) >= 11 is 0. The highest BCUT2D eigenvalue weighted by Gasteiger charge is 2.26. The van der Waals surface area contributed by atoms with Crippen molar-refractivity contribution in [2.75, 3.05) is 18.5 Å². The van der Waals surface area contributed by atoms with Gasteiger partial charge in [-0.2, -0.15) is 0 Å². The second-order valence-corrected chi connectivity index (χ2v) is 9.90. The van der Waals surface area contributed by atoms with Crippen molar-refractivity contribution in [3.63, 3.8) is 0 Å². The third-order valence-electron chi connectivity index (χ3n) is 7.50. The lowest BCUT2D eigenvalue weighted by Gasteiger charge is -2.23. The van der Waals surface area contributed by atoms with Crippen LogP contribution in [0.5, 0.6) is 5.75 Å². The van der Waals surface area contributed by atoms with E-state index in [0.717, 1.165) is 42.9 Å². The maximum absolute atomic E-state index is 15.1. The molecule has 1 aromatic carbocycles. The molecule has 7 nitrogen and oxygen atoms in total. The Balaban J connectivity index is 1.54. The minimum absolute atomic E-state index is 0.219. The van der Waals surface area contributed by atoms with Gasteiger partial charge in [0.1, 0.15) is 0 Å². The van der Waals surface area contributed by atoms with Gasteiger partial charge in [0.05, 0.1) is 18.7 Å². The largest absolute Gasteiger partial charge is 0.490 e. The molecule has 1 aliphatic carbocycles. The number of hydrogen-bond acceptors (Lipinski definition) is 5. The van der Waals surface area contributed by atoms with Crippen LogP contribution in [-0.4, -0.2) is 38.8 Å². The van der Waals surface area contributed by atoms with Crippen LogP contribution in [0, 0.1) is 25.6 Å². The predicted octanol–water partition coefficient (Wildman–Crippen LogP) is 5.49. The Bertz CT molecular complexity index is 1260. The minimum Gasteiger partial charge on any atom is -0.490 e. The Morgan fingerprint density at radius 2 is 2.06 bits per heavy atom. The highest BCUT2D eigenvalue weighted by atomic mass is 19.1. The number of fused-ring (bicyclic) bond motifs is 2. The molecule has 8 heteroatoms. The van der Waals surface area contributed by atoms with Crippen molar-refractivity contribution in [2.24, 2.45) is 5.92 Å². The number of aliphatic carboxylic acids is 1. The molecule has 0 atom stereocenters. The first-order valence-corrected chi connectivity index (χ1v) is 12.7. The van der Waals surface area contributed by atoms with Crippen molar-refractivity contribution < 1.29 is 19.0 Å². The number of ether oxygens (including phenoxy) is 1. The van der Waals surface area contributed by atoms with E-state index < -0.39 is 11.8 Å². The Morgan fingerprint density at radius 1 is 1.26 bits per heavy atom. The SMILES string of the molecule is Cc1nc2cc(NCCCC3CCCC3)nn2c(-c2cc(F)c3c(c2C)CCCO3)c1CC(=O)O. The Kier molecular flexibility index (Phi) is 6.62. The molecule has 1 aliphatic heterocycles. The van der Waals surface area contributed by atoms with Crippen LogP contribution in [0.4, 0.5) is 10.2 Å². The minimum atomic E-state index is -0.965. The van der Waals surface area contributed by atoms with Gasteiger partial charge in [-0.15, -0.1) is 5.10 Å². The lowest BCUT2D eigenvalue weighted by molar-refractivity contribution is -0.136. The van der Waals surface area contributed by atoms with Crippen LogP contribution in [0.3, 0.4) is 0 Å². The summed E-state index contributed by atoms with van der Waals surface area (Å²) in [5.74, 6) is 0.452. The first-order valence-electron chi connectivity index (χ1n) is 12.7. The van der Waals surface area contributed by atoms with Crippen LogP contribution >= 0.6 is 0 Å². The molecule has 1 saturated carbocycles. The molecule has 2 aromatic heterocycles. The Morgan fingerprint density at radius 3 is 2.83 bits per heavy atom. The van der Waals surface area contributed by atoms with Crippen molar-refractivity contribution in [3.05, 3.63) is 40.3 Å². The predicted molar refractivity (Wildman–Crippen MR) is 133 cm³/mol. The number of halogens is 1. The number of carbonyl (C=O) groups is 1. The normalized spacial score (nSPS) is 15.9.